The highest BCUT2D eigenvalue weighted by Crippen LogP contribution is 2.31. The minimum atomic E-state index is -4.28. The smallest absolute Gasteiger partial charge is 0.166 e. The van der Waals surface area contributed by atoms with E-state index in [4.69, 9.17) is 0 Å². The highest BCUT2D eigenvalue weighted by molar-refractivity contribution is 5.65. The van der Waals surface area contributed by atoms with Crippen LogP contribution in [0.4, 0.5) is 13.2 Å². The van der Waals surface area contributed by atoms with E-state index < -0.39 is 11.7 Å². The van der Waals surface area contributed by atoms with E-state index in [1.165, 1.54) is 23.3 Å². The molecule has 0 heterocycles. The molecule has 0 aliphatic rings. The monoisotopic (exact) mass is 264 g/mol. The molecule has 2 aromatic rings. The molecule has 0 N–H and O–H groups in total. The van der Waals surface area contributed by atoms with Crippen molar-refractivity contribution >= 4 is 0 Å². The molecule has 0 unspecified atom stereocenters. The van der Waals surface area contributed by atoms with Gasteiger partial charge in [-0.1, -0.05) is 37.3 Å². The van der Waals surface area contributed by atoms with Crippen LogP contribution in [0.15, 0.2) is 42.5 Å². The van der Waals surface area contributed by atoms with Crippen molar-refractivity contribution in [1.29, 1.82) is 0 Å². The summed E-state index contributed by atoms with van der Waals surface area (Å²) in [4.78, 5) is 0. The first-order valence-electron chi connectivity index (χ1n) is 6.19. The lowest BCUT2D eigenvalue weighted by Gasteiger charge is -2.10. The zero-order chi connectivity index (χ0) is 14.0. The van der Waals surface area contributed by atoms with Crippen LogP contribution in [0.2, 0.25) is 0 Å². The fraction of sp³-hybridized carbons (Fsp3) is 0.250. The number of alkyl halides is 3. The molecule has 0 aromatic heterocycles. The van der Waals surface area contributed by atoms with E-state index in [-0.39, 0.29) is 0 Å². The van der Waals surface area contributed by atoms with Gasteiger partial charge < -0.3 is 0 Å². The van der Waals surface area contributed by atoms with Crippen LogP contribution in [0.3, 0.4) is 0 Å². The third-order valence-corrected chi connectivity index (χ3v) is 3.28. The standard InChI is InChI=1S/C16H15F3/c1-3-12-10-14(5-4-11(12)2)13-6-8-15(9-7-13)16(17,18)19/h4-10H,3H2,1-2H3. The Kier molecular flexibility index (Phi) is 3.65. The summed E-state index contributed by atoms with van der Waals surface area (Å²) in [6.45, 7) is 4.11. The largest absolute Gasteiger partial charge is 0.416 e. The van der Waals surface area contributed by atoms with E-state index in [1.807, 2.05) is 25.1 Å². The Balaban J connectivity index is 2.37. The predicted molar refractivity (Wildman–Crippen MR) is 71.0 cm³/mol. The molecule has 100 valence electrons. The number of hydrogen-bond donors (Lipinski definition) is 0. The summed E-state index contributed by atoms with van der Waals surface area (Å²) >= 11 is 0. The van der Waals surface area contributed by atoms with E-state index in [9.17, 15) is 13.2 Å². The van der Waals surface area contributed by atoms with Gasteiger partial charge in [0.2, 0.25) is 0 Å². The van der Waals surface area contributed by atoms with Crippen molar-refractivity contribution in [2.45, 2.75) is 26.4 Å². The molecule has 0 radical (unpaired) electrons. The Morgan fingerprint density at radius 3 is 2.00 bits per heavy atom. The Morgan fingerprint density at radius 2 is 1.47 bits per heavy atom. The number of halogens is 3. The molecule has 0 saturated carbocycles. The normalized spacial score (nSPS) is 11.6. The quantitative estimate of drug-likeness (QED) is 0.695. The Bertz CT molecular complexity index is 566. The second-order valence-electron chi connectivity index (χ2n) is 4.57. The van der Waals surface area contributed by atoms with Gasteiger partial charge in [-0.2, -0.15) is 13.2 Å². The minimum Gasteiger partial charge on any atom is -0.166 e. The van der Waals surface area contributed by atoms with Crippen LogP contribution in [0.1, 0.15) is 23.6 Å². The van der Waals surface area contributed by atoms with Gasteiger partial charge in [0.15, 0.2) is 0 Å². The molecular formula is C16H15F3. The van der Waals surface area contributed by atoms with Crippen LogP contribution in [0.5, 0.6) is 0 Å². The summed E-state index contributed by atoms with van der Waals surface area (Å²) in [7, 11) is 0. The van der Waals surface area contributed by atoms with Crippen LogP contribution in [-0.2, 0) is 12.6 Å². The first-order valence-corrected chi connectivity index (χ1v) is 6.19. The van der Waals surface area contributed by atoms with Crippen LogP contribution < -0.4 is 0 Å². The Morgan fingerprint density at radius 1 is 0.895 bits per heavy atom. The van der Waals surface area contributed by atoms with Gasteiger partial charge in [-0.25, -0.2) is 0 Å². The zero-order valence-corrected chi connectivity index (χ0v) is 10.9. The molecular weight excluding hydrogens is 249 g/mol. The number of benzene rings is 2. The summed E-state index contributed by atoms with van der Waals surface area (Å²) in [5.41, 5.74) is 3.58. The highest BCUT2D eigenvalue weighted by Gasteiger charge is 2.29. The maximum absolute atomic E-state index is 12.5. The molecule has 0 nitrogen and oxygen atoms in total. The maximum atomic E-state index is 12.5. The van der Waals surface area contributed by atoms with Crippen molar-refractivity contribution in [3.05, 3.63) is 59.2 Å². The molecule has 0 aliphatic heterocycles. The van der Waals surface area contributed by atoms with Crippen molar-refractivity contribution in [3.8, 4) is 11.1 Å². The summed E-state index contributed by atoms with van der Waals surface area (Å²) in [5.74, 6) is 0. The molecule has 2 rings (SSSR count). The van der Waals surface area contributed by atoms with E-state index in [0.717, 1.165) is 29.7 Å². The molecule has 0 spiro atoms. The molecule has 0 bridgehead atoms. The van der Waals surface area contributed by atoms with Crippen molar-refractivity contribution in [2.75, 3.05) is 0 Å². The number of hydrogen-bond acceptors (Lipinski definition) is 0. The number of rotatable bonds is 2. The second kappa shape index (κ2) is 5.08. The van der Waals surface area contributed by atoms with Crippen molar-refractivity contribution in [3.63, 3.8) is 0 Å². The predicted octanol–water partition coefficient (Wildman–Crippen LogP) is 5.24. The molecule has 0 amide bonds. The Hall–Kier alpha value is -1.77. The molecule has 3 heteroatoms. The van der Waals surface area contributed by atoms with Crippen LogP contribution in [-0.4, -0.2) is 0 Å². The van der Waals surface area contributed by atoms with Gasteiger partial charge in [0.05, 0.1) is 5.56 Å². The van der Waals surface area contributed by atoms with Crippen LogP contribution in [0.25, 0.3) is 11.1 Å². The number of aryl methyl sites for hydroxylation is 2. The summed E-state index contributed by atoms with van der Waals surface area (Å²) in [6.07, 6.45) is -3.36. The van der Waals surface area contributed by atoms with E-state index >= 15 is 0 Å². The van der Waals surface area contributed by atoms with Crippen LogP contribution in [0, 0.1) is 6.92 Å². The van der Waals surface area contributed by atoms with Crippen molar-refractivity contribution in [1.82, 2.24) is 0 Å². The summed E-state index contributed by atoms with van der Waals surface area (Å²) in [5, 5.41) is 0. The maximum Gasteiger partial charge on any atom is 0.416 e. The van der Waals surface area contributed by atoms with E-state index in [2.05, 4.69) is 6.92 Å². The first-order chi connectivity index (χ1) is 8.91. The van der Waals surface area contributed by atoms with Gasteiger partial charge in [0.1, 0.15) is 0 Å². The minimum absolute atomic E-state index is 0.612. The lowest BCUT2D eigenvalue weighted by molar-refractivity contribution is -0.137. The lowest BCUT2D eigenvalue weighted by Crippen LogP contribution is -2.04. The third-order valence-electron chi connectivity index (χ3n) is 3.28. The lowest BCUT2D eigenvalue weighted by atomic mass is 9.98. The van der Waals surface area contributed by atoms with Crippen LogP contribution >= 0.6 is 0 Å². The van der Waals surface area contributed by atoms with E-state index in [1.54, 1.807) is 0 Å². The summed E-state index contributed by atoms with van der Waals surface area (Å²) in [6, 6.07) is 11.3. The van der Waals surface area contributed by atoms with Gasteiger partial charge in [0.25, 0.3) is 0 Å². The highest BCUT2D eigenvalue weighted by atomic mass is 19.4. The average Bonchev–Trinajstić information content (AvgIpc) is 2.38. The second-order valence-corrected chi connectivity index (χ2v) is 4.57. The molecule has 19 heavy (non-hydrogen) atoms. The first kappa shape index (κ1) is 13.7. The van der Waals surface area contributed by atoms with E-state index in [0.29, 0.717) is 0 Å². The van der Waals surface area contributed by atoms with Gasteiger partial charge in [-0.15, -0.1) is 0 Å². The fourth-order valence-corrected chi connectivity index (χ4v) is 2.08. The van der Waals surface area contributed by atoms with Gasteiger partial charge in [-0.3, -0.25) is 0 Å². The molecule has 0 aliphatic carbocycles. The van der Waals surface area contributed by atoms with Crippen molar-refractivity contribution in [2.24, 2.45) is 0 Å². The Labute approximate surface area is 110 Å². The SMILES string of the molecule is CCc1cc(-c2ccc(C(F)(F)F)cc2)ccc1C. The van der Waals surface area contributed by atoms with Gasteiger partial charge in [-0.05, 0) is 47.7 Å². The molecule has 0 saturated heterocycles. The topological polar surface area (TPSA) is 0 Å². The zero-order valence-electron chi connectivity index (χ0n) is 10.9. The third kappa shape index (κ3) is 2.98. The van der Waals surface area contributed by atoms with Gasteiger partial charge in [0, 0.05) is 0 Å². The molecule has 0 fully saturated rings. The molecule has 0 atom stereocenters. The summed E-state index contributed by atoms with van der Waals surface area (Å²) < 4.78 is 37.5. The fourth-order valence-electron chi connectivity index (χ4n) is 2.08. The molecule has 2 aromatic carbocycles. The van der Waals surface area contributed by atoms with Crippen molar-refractivity contribution < 1.29 is 13.2 Å². The average molecular weight is 264 g/mol. The van der Waals surface area contributed by atoms with Gasteiger partial charge >= 0.3 is 6.18 Å².